The Bertz CT molecular complexity index is 270. The molecular formula is C10H12OS. The molecule has 0 aliphatic carbocycles. The second kappa shape index (κ2) is 4.21. The Morgan fingerprint density at radius 2 is 2.33 bits per heavy atom. The Morgan fingerprint density at radius 1 is 1.58 bits per heavy atom. The topological polar surface area (TPSA) is 17.1 Å². The molecule has 1 aromatic heterocycles. The molecule has 0 atom stereocenters. The van der Waals surface area contributed by atoms with Crippen molar-refractivity contribution in [3.63, 3.8) is 0 Å². The van der Waals surface area contributed by atoms with Crippen molar-refractivity contribution in [1.29, 1.82) is 0 Å². The maximum atomic E-state index is 10.6. The fraction of sp³-hybridized carbons (Fsp3) is 0.300. The van der Waals surface area contributed by atoms with Crippen molar-refractivity contribution < 1.29 is 4.79 Å². The van der Waals surface area contributed by atoms with Crippen LogP contribution in [0.1, 0.15) is 19.4 Å². The van der Waals surface area contributed by atoms with Crippen molar-refractivity contribution >= 4 is 23.7 Å². The molecule has 0 N–H and O–H groups in total. The van der Waals surface area contributed by atoms with Gasteiger partial charge in [-0.25, -0.2) is 0 Å². The van der Waals surface area contributed by atoms with Crippen LogP contribution in [0.2, 0.25) is 0 Å². The van der Waals surface area contributed by atoms with Crippen molar-refractivity contribution in [2.75, 3.05) is 0 Å². The predicted molar refractivity (Wildman–Crippen MR) is 53.2 cm³/mol. The molecule has 0 bridgehead atoms. The highest BCUT2D eigenvalue weighted by Crippen LogP contribution is 2.14. The van der Waals surface area contributed by atoms with Crippen molar-refractivity contribution in [3.05, 3.63) is 28.0 Å². The molecule has 0 saturated carbocycles. The van der Waals surface area contributed by atoms with Gasteiger partial charge in [0, 0.05) is 0 Å². The van der Waals surface area contributed by atoms with Gasteiger partial charge < -0.3 is 0 Å². The smallest absolute Gasteiger partial charge is 0.146 e. The third kappa shape index (κ3) is 2.31. The van der Waals surface area contributed by atoms with Gasteiger partial charge in [-0.1, -0.05) is 13.8 Å². The lowest BCUT2D eigenvalue weighted by atomic mass is 10.0. The molecule has 1 nitrogen and oxygen atoms in total. The van der Waals surface area contributed by atoms with Gasteiger partial charge in [0.15, 0.2) is 0 Å². The summed E-state index contributed by atoms with van der Waals surface area (Å²) in [6.07, 6.45) is 2.87. The minimum absolute atomic E-state index is 0.308. The minimum Gasteiger partial charge on any atom is -0.298 e. The molecule has 0 unspecified atom stereocenters. The lowest BCUT2D eigenvalue weighted by Gasteiger charge is -2.01. The number of hydrogen-bond donors (Lipinski definition) is 0. The second-order valence-electron chi connectivity index (χ2n) is 2.97. The van der Waals surface area contributed by atoms with Gasteiger partial charge >= 0.3 is 0 Å². The van der Waals surface area contributed by atoms with Crippen LogP contribution in [0.3, 0.4) is 0 Å². The molecule has 1 rings (SSSR count). The van der Waals surface area contributed by atoms with Gasteiger partial charge in [-0.15, -0.1) is 0 Å². The molecule has 0 aliphatic rings. The van der Waals surface area contributed by atoms with Crippen LogP contribution >= 0.6 is 11.3 Å². The van der Waals surface area contributed by atoms with E-state index < -0.39 is 0 Å². The first-order valence-corrected chi connectivity index (χ1v) is 4.87. The predicted octanol–water partition coefficient (Wildman–Crippen LogP) is 2.99. The number of thiophene rings is 1. The van der Waals surface area contributed by atoms with Crippen molar-refractivity contribution in [2.45, 2.75) is 13.8 Å². The number of carbonyl (C=O) groups excluding carboxylic acids is 1. The number of aldehydes is 1. The van der Waals surface area contributed by atoms with Crippen LogP contribution in [0.5, 0.6) is 0 Å². The van der Waals surface area contributed by atoms with E-state index in [2.05, 4.69) is 0 Å². The van der Waals surface area contributed by atoms with E-state index in [0.29, 0.717) is 5.92 Å². The normalized spacial score (nSPS) is 12.1. The van der Waals surface area contributed by atoms with Crippen LogP contribution < -0.4 is 0 Å². The molecule has 1 heterocycles. The van der Waals surface area contributed by atoms with Crippen LogP contribution in [-0.4, -0.2) is 6.29 Å². The largest absolute Gasteiger partial charge is 0.298 e. The summed E-state index contributed by atoms with van der Waals surface area (Å²) in [5.74, 6) is 0.308. The van der Waals surface area contributed by atoms with Gasteiger partial charge in [0.05, 0.1) is 0 Å². The summed E-state index contributed by atoms with van der Waals surface area (Å²) in [5.41, 5.74) is 1.98. The van der Waals surface area contributed by atoms with E-state index in [1.54, 1.807) is 11.3 Å². The summed E-state index contributed by atoms with van der Waals surface area (Å²) in [6.45, 7) is 4.04. The van der Waals surface area contributed by atoms with Crippen molar-refractivity contribution in [3.8, 4) is 0 Å². The average molecular weight is 180 g/mol. The number of allylic oxidation sites excluding steroid dienone is 1. The highest BCUT2D eigenvalue weighted by molar-refractivity contribution is 7.08. The average Bonchev–Trinajstić information content (AvgIpc) is 2.51. The molecule has 0 saturated heterocycles. The van der Waals surface area contributed by atoms with E-state index in [-0.39, 0.29) is 0 Å². The van der Waals surface area contributed by atoms with Crippen LogP contribution in [0.25, 0.3) is 6.08 Å². The van der Waals surface area contributed by atoms with Gasteiger partial charge in [0.25, 0.3) is 0 Å². The van der Waals surface area contributed by atoms with Gasteiger partial charge in [0.1, 0.15) is 6.29 Å². The van der Waals surface area contributed by atoms with E-state index in [0.717, 1.165) is 17.4 Å². The second-order valence-corrected chi connectivity index (χ2v) is 3.75. The minimum atomic E-state index is 0.308. The molecule has 64 valence electrons. The monoisotopic (exact) mass is 180 g/mol. The molecule has 0 fully saturated rings. The third-order valence-electron chi connectivity index (χ3n) is 1.68. The lowest BCUT2D eigenvalue weighted by molar-refractivity contribution is -0.105. The Balaban J connectivity index is 2.85. The summed E-state index contributed by atoms with van der Waals surface area (Å²) in [4.78, 5) is 10.6. The van der Waals surface area contributed by atoms with E-state index in [1.807, 2.05) is 36.7 Å². The van der Waals surface area contributed by atoms with E-state index >= 15 is 0 Å². The van der Waals surface area contributed by atoms with Crippen LogP contribution in [0.15, 0.2) is 22.4 Å². The molecule has 0 radical (unpaired) electrons. The Hall–Kier alpha value is -0.890. The molecule has 1 aromatic rings. The van der Waals surface area contributed by atoms with Gasteiger partial charge in [-0.05, 0) is 40.0 Å². The summed E-state index contributed by atoms with van der Waals surface area (Å²) in [7, 11) is 0. The quantitative estimate of drug-likeness (QED) is 0.516. The molecule has 0 spiro atoms. The first-order chi connectivity index (χ1) is 5.74. The third-order valence-corrected chi connectivity index (χ3v) is 2.38. The first-order valence-electron chi connectivity index (χ1n) is 3.93. The maximum Gasteiger partial charge on any atom is 0.146 e. The SMILES string of the molecule is CC(C)C(C=O)=Cc1ccsc1. The zero-order chi connectivity index (χ0) is 8.97. The number of hydrogen-bond acceptors (Lipinski definition) is 2. The fourth-order valence-corrected chi connectivity index (χ4v) is 1.50. The number of rotatable bonds is 3. The van der Waals surface area contributed by atoms with Crippen LogP contribution in [-0.2, 0) is 4.79 Å². The van der Waals surface area contributed by atoms with Crippen molar-refractivity contribution in [2.24, 2.45) is 5.92 Å². The summed E-state index contributed by atoms with van der Waals surface area (Å²) < 4.78 is 0. The van der Waals surface area contributed by atoms with Crippen molar-refractivity contribution in [1.82, 2.24) is 0 Å². The van der Waals surface area contributed by atoms with Crippen LogP contribution in [0, 0.1) is 5.92 Å². The number of carbonyl (C=O) groups is 1. The Kier molecular flexibility index (Phi) is 3.23. The molecule has 0 aromatic carbocycles. The Morgan fingerprint density at radius 3 is 2.75 bits per heavy atom. The van der Waals surface area contributed by atoms with Crippen LogP contribution in [0.4, 0.5) is 0 Å². The van der Waals surface area contributed by atoms with Gasteiger partial charge in [-0.3, -0.25) is 4.79 Å². The van der Waals surface area contributed by atoms with Gasteiger partial charge in [0.2, 0.25) is 0 Å². The fourth-order valence-electron chi connectivity index (χ4n) is 0.886. The van der Waals surface area contributed by atoms with E-state index in [4.69, 9.17) is 0 Å². The molecule has 0 aliphatic heterocycles. The van der Waals surface area contributed by atoms with E-state index in [9.17, 15) is 4.79 Å². The highest BCUT2D eigenvalue weighted by atomic mass is 32.1. The van der Waals surface area contributed by atoms with Gasteiger partial charge in [-0.2, -0.15) is 11.3 Å². The van der Waals surface area contributed by atoms with E-state index in [1.165, 1.54) is 0 Å². The lowest BCUT2D eigenvalue weighted by Crippen LogP contribution is -1.94. The summed E-state index contributed by atoms with van der Waals surface area (Å²) in [6, 6.07) is 2.01. The molecular weight excluding hydrogens is 168 g/mol. The standard InChI is InChI=1S/C10H12OS/c1-8(2)10(6-11)5-9-3-4-12-7-9/h3-8H,1-2H3. The Labute approximate surface area is 76.7 Å². The zero-order valence-electron chi connectivity index (χ0n) is 7.28. The first kappa shape index (κ1) is 9.20. The summed E-state index contributed by atoms with van der Waals surface area (Å²) >= 11 is 1.64. The molecule has 12 heavy (non-hydrogen) atoms. The zero-order valence-corrected chi connectivity index (χ0v) is 8.10. The molecule has 2 heteroatoms. The summed E-state index contributed by atoms with van der Waals surface area (Å²) in [5, 5.41) is 4.04. The highest BCUT2D eigenvalue weighted by Gasteiger charge is 2.00. The molecule has 0 amide bonds. The maximum absolute atomic E-state index is 10.6.